The summed E-state index contributed by atoms with van der Waals surface area (Å²) in [6.45, 7) is 1.31. The van der Waals surface area contributed by atoms with Crippen LogP contribution >= 0.6 is 0 Å². The van der Waals surface area contributed by atoms with E-state index >= 15 is 0 Å². The molecule has 2 aromatic rings. The van der Waals surface area contributed by atoms with Crippen LogP contribution in [-0.2, 0) is 4.79 Å². The third-order valence-electron chi connectivity index (χ3n) is 6.51. The normalized spacial score (nSPS) is 15.9. The molecule has 1 heterocycles. The molecule has 2 aromatic carbocycles. The van der Waals surface area contributed by atoms with E-state index in [1.165, 1.54) is 28.4 Å². The molecule has 1 amide bonds. The van der Waals surface area contributed by atoms with Crippen molar-refractivity contribution in [3.05, 3.63) is 47.5 Å². The number of carbonyl (C=O) groups is 2. The molecule has 194 valence electrons. The summed E-state index contributed by atoms with van der Waals surface area (Å²) in [7, 11) is 6.07. The van der Waals surface area contributed by atoms with Gasteiger partial charge in [0.15, 0.2) is 28.8 Å². The average Bonchev–Trinajstić information content (AvgIpc) is 3.15. The van der Waals surface area contributed by atoms with E-state index in [1.807, 2.05) is 4.90 Å². The van der Waals surface area contributed by atoms with Crippen LogP contribution < -0.4 is 18.9 Å². The summed E-state index contributed by atoms with van der Waals surface area (Å²) >= 11 is 0. The zero-order chi connectivity index (χ0) is 26.1. The van der Waals surface area contributed by atoms with Crippen LogP contribution in [-0.4, -0.2) is 63.2 Å². The molecule has 1 fully saturated rings. The summed E-state index contributed by atoms with van der Waals surface area (Å²) in [5.74, 6) is 2.15. The molecule has 1 unspecified atom stereocenters. The summed E-state index contributed by atoms with van der Waals surface area (Å²) in [6.07, 6.45) is 7.26. The lowest BCUT2D eigenvalue weighted by Crippen LogP contribution is -2.32. The fraction of sp³-hybridized carbons (Fsp3) is 0.429. The van der Waals surface area contributed by atoms with Gasteiger partial charge in [-0.25, -0.2) is 0 Å². The van der Waals surface area contributed by atoms with E-state index in [0.717, 1.165) is 31.2 Å². The van der Waals surface area contributed by atoms with Crippen LogP contribution in [0, 0.1) is 5.92 Å². The Labute approximate surface area is 212 Å². The van der Waals surface area contributed by atoms with E-state index in [0.29, 0.717) is 54.0 Å². The zero-order valence-corrected chi connectivity index (χ0v) is 21.4. The first-order chi connectivity index (χ1) is 17.4. The van der Waals surface area contributed by atoms with Crippen LogP contribution in [0.25, 0.3) is 6.08 Å². The number of hydrogen-bond donors (Lipinski definition) is 1. The third-order valence-corrected chi connectivity index (χ3v) is 6.51. The highest BCUT2D eigenvalue weighted by atomic mass is 16.5. The number of phenolic OH excluding ortho intramolecular Hbond substituents is 1. The van der Waals surface area contributed by atoms with Crippen LogP contribution in [0.3, 0.4) is 0 Å². The third kappa shape index (κ3) is 6.71. The number of rotatable bonds is 10. The molecule has 8 nitrogen and oxygen atoms in total. The van der Waals surface area contributed by atoms with Crippen molar-refractivity contribution in [2.45, 2.75) is 32.1 Å². The topological polar surface area (TPSA) is 94.5 Å². The van der Waals surface area contributed by atoms with Gasteiger partial charge in [0.1, 0.15) is 0 Å². The molecule has 0 saturated carbocycles. The van der Waals surface area contributed by atoms with Gasteiger partial charge in [0.2, 0.25) is 5.75 Å². The predicted octanol–water partition coefficient (Wildman–Crippen LogP) is 4.73. The van der Waals surface area contributed by atoms with Gasteiger partial charge in [-0.3, -0.25) is 9.59 Å². The van der Waals surface area contributed by atoms with E-state index in [1.54, 1.807) is 42.5 Å². The van der Waals surface area contributed by atoms with E-state index in [9.17, 15) is 14.7 Å². The predicted molar refractivity (Wildman–Crippen MR) is 137 cm³/mol. The molecule has 1 N–H and O–H groups in total. The lowest BCUT2D eigenvalue weighted by Gasteiger charge is -2.22. The molecule has 0 aliphatic carbocycles. The monoisotopic (exact) mass is 497 g/mol. The SMILES string of the molecule is COc1cc(C=CC(=O)CCC2CCCN(C(=O)c3cc(OC)c(OC)c(OC)c3)CC2)ccc1O. The smallest absolute Gasteiger partial charge is 0.254 e. The van der Waals surface area contributed by atoms with Crippen molar-refractivity contribution in [3.63, 3.8) is 0 Å². The summed E-state index contributed by atoms with van der Waals surface area (Å²) in [4.78, 5) is 27.5. The summed E-state index contributed by atoms with van der Waals surface area (Å²) in [5, 5.41) is 9.69. The average molecular weight is 498 g/mol. The first-order valence-corrected chi connectivity index (χ1v) is 12.1. The van der Waals surface area contributed by atoms with Gasteiger partial charge in [-0.1, -0.05) is 12.1 Å². The molecular formula is C28H35NO7. The number of methoxy groups -OCH3 is 4. The van der Waals surface area contributed by atoms with Gasteiger partial charge in [0, 0.05) is 25.1 Å². The standard InChI is InChI=1S/C28H35NO7/c1-33-24-16-20(9-12-23(24)31)8-11-22(30)10-7-19-6-5-14-29(15-13-19)28(32)21-17-25(34-2)27(36-4)26(18-21)35-3/h8-9,11-12,16-19,31H,5-7,10,13-15H2,1-4H3. The number of allylic oxidation sites excluding steroid dienone is 1. The summed E-state index contributed by atoms with van der Waals surface area (Å²) < 4.78 is 21.2. The number of ether oxygens (including phenoxy) is 4. The highest BCUT2D eigenvalue weighted by molar-refractivity contribution is 5.96. The van der Waals surface area contributed by atoms with Crippen molar-refractivity contribution in [1.82, 2.24) is 4.90 Å². The van der Waals surface area contributed by atoms with Crippen molar-refractivity contribution in [2.75, 3.05) is 41.5 Å². The second-order valence-corrected chi connectivity index (χ2v) is 8.77. The van der Waals surface area contributed by atoms with E-state index in [2.05, 4.69) is 0 Å². The lowest BCUT2D eigenvalue weighted by atomic mass is 9.94. The van der Waals surface area contributed by atoms with Crippen LogP contribution in [0.5, 0.6) is 28.7 Å². The van der Waals surface area contributed by atoms with Crippen molar-refractivity contribution < 1.29 is 33.6 Å². The number of benzene rings is 2. The van der Waals surface area contributed by atoms with Crippen LogP contribution in [0.1, 0.15) is 48.0 Å². The molecule has 0 bridgehead atoms. The van der Waals surface area contributed by atoms with Gasteiger partial charge in [-0.2, -0.15) is 0 Å². The Morgan fingerprint density at radius 3 is 2.28 bits per heavy atom. The Hall–Kier alpha value is -3.68. The maximum atomic E-state index is 13.2. The second-order valence-electron chi connectivity index (χ2n) is 8.77. The summed E-state index contributed by atoms with van der Waals surface area (Å²) in [6, 6.07) is 8.32. The van der Waals surface area contributed by atoms with E-state index < -0.39 is 0 Å². The Morgan fingerprint density at radius 2 is 1.64 bits per heavy atom. The van der Waals surface area contributed by atoms with Crippen molar-refractivity contribution >= 4 is 17.8 Å². The molecular weight excluding hydrogens is 462 g/mol. The van der Waals surface area contributed by atoms with Crippen LogP contribution in [0.2, 0.25) is 0 Å². The number of hydrogen-bond acceptors (Lipinski definition) is 7. The van der Waals surface area contributed by atoms with Crippen molar-refractivity contribution in [2.24, 2.45) is 5.92 Å². The number of aromatic hydroxyl groups is 1. The van der Waals surface area contributed by atoms with E-state index in [4.69, 9.17) is 18.9 Å². The minimum Gasteiger partial charge on any atom is -0.504 e. The summed E-state index contributed by atoms with van der Waals surface area (Å²) in [5.41, 5.74) is 1.28. The quantitative estimate of drug-likeness (QED) is 0.474. The molecule has 1 aliphatic heterocycles. The van der Waals surface area contributed by atoms with Crippen LogP contribution in [0.4, 0.5) is 0 Å². The van der Waals surface area contributed by atoms with Gasteiger partial charge >= 0.3 is 0 Å². The first kappa shape index (κ1) is 26.9. The Kier molecular flexibility index (Phi) is 9.61. The fourth-order valence-electron chi connectivity index (χ4n) is 4.46. The molecule has 3 rings (SSSR count). The molecule has 1 atom stereocenters. The highest BCUT2D eigenvalue weighted by Gasteiger charge is 2.24. The Morgan fingerprint density at radius 1 is 0.944 bits per heavy atom. The molecule has 0 radical (unpaired) electrons. The number of amides is 1. The van der Waals surface area contributed by atoms with Crippen molar-refractivity contribution in [1.29, 1.82) is 0 Å². The number of likely N-dealkylation sites (tertiary alicyclic amines) is 1. The second kappa shape index (κ2) is 12.9. The Balaban J connectivity index is 1.55. The van der Waals surface area contributed by atoms with E-state index in [-0.39, 0.29) is 17.4 Å². The van der Waals surface area contributed by atoms with Gasteiger partial charge < -0.3 is 29.0 Å². The van der Waals surface area contributed by atoms with Gasteiger partial charge in [-0.15, -0.1) is 0 Å². The number of phenols is 1. The number of ketones is 1. The number of nitrogens with zero attached hydrogens (tertiary/aromatic N) is 1. The zero-order valence-electron chi connectivity index (χ0n) is 21.4. The Bertz CT molecular complexity index is 1070. The largest absolute Gasteiger partial charge is 0.504 e. The maximum Gasteiger partial charge on any atom is 0.254 e. The first-order valence-electron chi connectivity index (χ1n) is 12.1. The van der Waals surface area contributed by atoms with Crippen LogP contribution in [0.15, 0.2) is 36.4 Å². The van der Waals surface area contributed by atoms with Gasteiger partial charge in [-0.05, 0) is 67.5 Å². The molecule has 0 spiro atoms. The molecule has 0 aromatic heterocycles. The molecule has 8 heteroatoms. The molecule has 1 saturated heterocycles. The highest BCUT2D eigenvalue weighted by Crippen LogP contribution is 2.38. The number of carbonyl (C=O) groups excluding carboxylic acids is 2. The molecule has 36 heavy (non-hydrogen) atoms. The molecule has 1 aliphatic rings. The minimum absolute atomic E-state index is 0.0524. The van der Waals surface area contributed by atoms with Crippen molar-refractivity contribution in [3.8, 4) is 28.7 Å². The minimum atomic E-state index is -0.0711. The van der Waals surface area contributed by atoms with Gasteiger partial charge in [0.25, 0.3) is 5.91 Å². The maximum absolute atomic E-state index is 13.2. The van der Waals surface area contributed by atoms with Gasteiger partial charge in [0.05, 0.1) is 28.4 Å². The lowest BCUT2D eigenvalue weighted by molar-refractivity contribution is -0.114. The fourth-order valence-corrected chi connectivity index (χ4v) is 4.46.